The van der Waals surface area contributed by atoms with Crippen molar-refractivity contribution in [2.45, 2.75) is 370 Å². The molecule has 0 amide bonds. The first-order valence-electron chi connectivity index (χ1n) is 53.6. The fraction of sp³-hybridized carbons (Fsp3) is 0.844. The number of morpholine rings is 4. The van der Waals surface area contributed by atoms with Gasteiger partial charge in [-0.05, 0) is 333 Å². The summed E-state index contributed by atoms with van der Waals surface area (Å²) in [5, 5.41) is 0. The van der Waals surface area contributed by atoms with Crippen LogP contribution in [0.15, 0.2) is 79.4 Å². The number of thiazole rings is 1. The molecule has 6 bridgehead atoms. The molecule has 18 rings (SSSR count). The molecule has 764 valence electrons. The second kappa shape index (κ2) is 63.9. The standard InChI is InChI=1S/C13H27N3.C12H24N2O.C12H24N2.C9H20N2.2C9H17NO.C8H15NO.C8H17NO.2C8H11N.C7H10N2.C6H9NS/c1-12(2)15-6-4-13(5-7-15)16-10-8-14(3)9-11-16;1-11(2)13-5-3-12(4-6-13)14-7-9-15-10-8-14;1-10(2)14-6-4-11-8-13(3)9-12(11)5-7-14;1-9(2)11-6-4-5-10(3)7-8-11;1-7(2)10-8-3-4-9(10)6-11-5-8;1-7(2)10-5-8-3-4-9(6-10)11-8;1-6(2)9-4-8-3-7(9)5-10-8;1-8(2)9-4-3-6-10-7-5-9;1-7(2)8-4-3-5-9-6-8;1-7(2)8-5-3-4-6-9-8;1-6(2)7-3-8-5-9-4-7;1-5(2)6-3-7-4-8-6/h12-13H,4-11H2,1-3H3;11-12H,3-10H2,1-2H3;10-12H,4-9H2,1-3H3;9H,4-8H2,1-3H3;2*7-9H,3-6H2,1-2H3;6-8H,3-5H2,1-2H3;8H,3-7H2,1-2H3;2*3-7H,1-2H3;3-6H,1-2H3;3-5H,1-2H3. The SMILES string of the molecule is CC(C)N1C2CCC1COC2.CC(C)N1CC2CC1CO2.CC(C)N1CC2CCC(C1)O2.CC(C)N1CCC(N2CCN(C)CC2)CC1.CC(C)N1CCC(N2CCOCC2)CC1.CC(C)N1CCC2CN(C)CC2CC1.CC(C)N1CCCN(C)CC1.CC(C)N1CCCOCC1.CC(C)c1ccccn1.CC(C)c1cccnc1.CC(C)c1cncnc1.CC(C)c1cncs1. The molecule has 0 spiro atoms. The van der Waals surface area contributed by atoms with E-state index >= 15 is 0 Å². The summed E-state index contributed by atoms with van der Waals surface area (Å²) >= 11 is 1.72. The van der Waals surface area contributed by atoms with Gasteiger partial charge in [-0.25, -0.2) is 9.97 Å². The smallest absolute Gasteiger partial charge is 0.115 e. The molecule has 0 N–H and O–H groups in total. The van der Waals surface area contributed by atoms with Crippen molar-refractivity contribution < 1.29 is 23.7 Å². The van der Waals surface area contributed by atoms with Crippen LogP contribution in [0.25, 0.3) is 0 Å². The normalized spacial score (nSPS) is 26.0. The maximum Gasteiger partial charge on any atom is 0.115 e. The van der Waals surface area contributed by atoms with Crippen molar-refractivity contribution in [3.05, 3.63) is 101 Å². The fourth-order valence-corrected chi connectivity index (χ4v) is 21.5. The van der Waals surface area contributed by atoms with Gasteiger partial charge in [0.1, 0.15) is 6.33 Å². The highest BCUT2D eigenvalue weighted by Gasteiger charge is 2.41. The predicted molar refractivity (Wildman–Crippen MR) is 560 cm³/mol. The molecular weight excluding hydrogens is 1670 g/mol. The Morgan fingerprint density at radius 3 is 1.23 bits per heavy atom. The number of likely N-dealkylation sites (N-methyl/N-ethyl adjacent to an activating group) is 2. The molecule has 0 radical (unpaired) electrons. The van der Waals surface area contributed by atoms with Crippen LogP contribution in [0, 0.1) is 11.8 Å². The zero-order valence-electron chi connectivity index (χ0n) is 90.1. The number of pyridine rings is 2. The summed E-state index contributed by atoms with van der Waals surface area (Å²) in [5.41, 5.74) is 5.53. The second-order valence-electron chi connectivity index (χ2n) is 43.9. The van der Waals surface area contributed by atoms with Gasteiger partial charge < -0.3 is 53.1 Å². The van der Waals surface area contributed by atoms with Gasteiger partial charge in [0.05, 0.1) is 63.5 Å². The maximum absolute atomic E-state index is 5.74. The number of nitrogens with zero attached hydrogens (tertiary/aromatic N) is 18. The summed E-state index contributed by atoms with van der Waals surface area (Å²) in [4.78, 5) is 54.6. The number of hydrogen-bond acceptors (Lipinski definition) is 24. The van der Waals surface area contributed by atoms with Gasteiger partial charge in [0.2, 0.25) is 0 Å². The molecule has 4 aromatic rings. The minimum absolute atomic E-state index is 0.534. The Kier molecular flexibility index (Phi) is 55.9. The molecule has 24 heteroatoms. The third-order valence-corrected chi connectivity index (χ3v) is 30.9. The Morgan fingerprint density at radius 2 is 0.820 bits per heavy atom. The van der Waals surface area contributed by atoms with E-state index in [-0.39, 0.29) is 0 Å². The largest absolute Gasteiger partial charge is 0.380 e. The molecule has 0 aromatic carbocycles. The van der Waals surface area contributed by atoms with Crippen LogP contribution in [-0.2, 0) is 23.7 Å². The van der Waals surface area contributed by atoms with Gasteiger partial charge in [-0.15, -0.1) is 11.3 Å². The Labute approximate surface area is 819 Å². The number of aromatic nitrogens is 5. The van der Waals surface area contributed by atoms with Gasteiger partial charge in [0, 0.05) is 231 Å². The highest BCUT2D eigenvalue weighted by molar-refractivity contribution is 7.09. The van der Waals surface area contributed by atoms with E-state index in [1.165, 1.54) is 217 Å². The molecule has 14 saturated heterocycles. The van der Waals surface area contributed by atoms with E-state index in [4.69, 9.17) is 23.7 Å². The van der Waals surface area contributed by atoms with E-state index in [2.05, 4.69) is 282 Å². The van der Waals surface area contributed by atoms with Crippen molar-refractivity contribution in [3.63, 3.8) is 0 Å². The van der Waals surface area contributed by atoms with Crippen molar-refractivity contribution in [1.82, 2.24) is 88.6 Å². The average Bonchev–Trinajstić information content (AvgIpc) is 1.67. The molecule has 8 unspecified atom stereocenters. The highest BCUT2D eigenvalue weighted by Crippen LogP contribution is 2.34. The minimum Gasteiger partial charge on any atom is -0.380 e. The number of fused-ring (bicyclic) bond motifs is 7. The summed E-state index contributed by atoms with van der Waals surface area (Å²) in [7, 11) is 6.72. The lowest BCUT2D eigenvalue weighted by molar-refractivity contribution is -0.0480. The maximum atomic E-state index is 5.74. The minimum atomic E-state index is 0.534. The zero-order chi connectivity index (χ0) is 96.9. The van der Waals surface area contributed by atoms with Crippen LogP contribution in [0.4, 0.5) is 0 Å². The highest BCUT2D eigenvalue weighted by atomic mass is 32.1. The summed E-state index contributed by atoms with van der Waals surface area (Å²) < 4.78 is 27.5. The van der Waals surface area contributed by atoms with Crippen molar-refractivity contribution in [2.75, 3.05) is 218 Å². The number of piperidine rings is 2. The number of ether oxygens (including phenoxy) is 5. The van der Waals surface area contributed by atoms with Gasteiger partial charge in [-0.2, -0.15) is 0 Å². The molecule has 18 heterocycles. The van der Waals surface area contributed by atoms with Gasteiger partial charge >= 0.3 is 0 Å². The number of rotatable bonds is 14. The summed E-state index contributed by atoms with van der Waals surface area (Å²) in [5.74, 6) is 4.30. The van der Waals surface area contributed by atoms with E-state index in [9.17, 15) is 0 Å². The first kappa shape index (κ1) is 116. The fourth-order valence-electron chi connectivity index (χ4n) is 20.8. The van der Waals surface area contributed by atoms with Crippen LogP contribution in [0.5, 0.6) is 0 Å². The van der Waals surface area contributed by atoms with Crippen LogP contribution < -0.4 is 0 Å². The van der Waals surface area contributed by atoms with Crippen molar-refractivity contribution in [3.8, 4) is 0 Å². The van der Waals surface area contributed by atoms with E-state index in [0.29, 0.717) is 66.2 Å². The Balaban J connectivity index is 0.000000199. The Bertz CT molecular complexity index is 3320. The molecular formula is C109H202N18O5S. The first-order valence-corrected chi connectivity index (χ1v) is 54.5. The van der Waals surface area contributed by atoms with Crippen LogP contribution in [0.1, 0.15) is 295 Å². The number of piperazine rings is 1. The third-order valence-electron chi connectivity index (χ3n) is 29.8. The average molecular weight is 1880 g/mol. The molecule has 14 aliphatic heterocycles. The lowest BCUT2D eigenvalue weighted by Crippen LogP contribution is -2.53. The summed E-state index contributed by atoms with van der Waals surface area (Å²) in [6, 6.07) is 19.7. The molecule has 0 saturated carbocycles. The molecule has 23 nitrogen and oxygen atoms in total. The zero-order valence-corrected chi connectivity index (χ0v) is 90.9. The van der Waals surface area contributed by atoms with E-state index in [0.717, 1.165) is 151 Å². The molecule has 0 aliphatic carbocycles. The molecule has 4 aromatic heterocycles. The quantitative estimate of drug-likeness (QED) is 0.117. The van der Waals surface area contributed by atoms with E-state index < -0.39 is 0 Å². The van der Waals surface area contributed by atoms with E-state index in [1.54, 1.807) is 23.9 Å². The summed E-state index contributed by atoms with van der Waals surface area (Å²) in [6.07, 6.45) is 31.7. The van der Waals surface area contributed by atoms with E-state index in [1.807, 2.05) is 60.8 Å². The Hall–Kier alpha value is -3.71. The molecule has 14 fully saturated rings. The van der Waals surface area contributed by atoms with Gasteiger partial charge in [-0.3, -0.25) is 49.3 Å². The van der Waals surface area contributed by atoms with Crippen molar-refractivity contribution in [1.29, 1.82) is 0 Å². The van der Waals surface area contributed by atoms with Crippen LogP contribution >= 0.6 is 11.3 Å². The van der Waals surface area contributed by atoms with Crippen molar-refractivity contribution in [2.24, 2.45) is 11.8 Å². The summed E-state index contributed by atoms with van der Waals surface area (Å²) in [6.45, 7) is 89.1. The topological polar surface area (TPSA) is 153 Å². The van der Waals surface area contributed by atoms with Gasteiger partial charge in [0.25, 0.3) is 0 Å². The number of hydrogen-bond donors (Lipinski definition) is 0. The lowest BCUT2D eigenvalue weighted by atomic mass is 9.92. The van der Waals surface area contributed by atoms with Crippen LogP contribution in [0.3, 0.4) is 0 Å². The van der Waals surface area contributed by atoms with Crippen molar-refractivity contribution >= 4 is 11.3 Å². The second-order valence-corrected chi connectivity index (χ2v) is 44.8. The molecule has 14 aliphatic rings. The van der Waals surface area contributed by atoms with Gasteiger partial charge in [-0.1, -0.05) is 67.5 Å². The van der Waals surface area contributed by atoms with Crippen LogP contribution in [0.2, 0.25) is 0 Å². The number of likely N-dealkylation sites (tertiary alicyclic amines) is 6. The van der Waals surface area contributed by atoms with Crippen LogP contribution in [-0.4, -0.2) is 403 Å². The Morgan fingerprint density at radius 1 is 0.331 bits per heavy atom. The molecule has 133 heavy (non-hydrogen) atoms. The molecule has 8 atom stereocenters. The van der Waals surface area contributed by atoms with Gasteiger partial charge in [0.15, 0.2) is 0 Å². The monoisotopic (exact) mass is 1880 g/mol. The predicted octanol–water partition coefficient (Wildman–Crippen LogP) is 17.8. The lowest BCUT2D eigenvalue weighted by Gasteiger charge is -2.43. The third kappa shape index (κ3) is 43.7. The first-order chi connectivity index (χ1) is 63.6.